The molecule has 0 unspecified atom stereocenters. The average molecular weight is 515 g/mol. The van der Waals surface area contributed by atoms with Crippen molar-refractivity contribution in [2.45, 2.75) is 26.6 Å². The quantitative estimate of drug-likeness (QED) is 0.189. The molecule has 4 rings (SSSR count). The Morgan fingerprint density at radius 1 is 0.946 bits per heavy atom. The molecule has 4 aromatic rings. The molecule has 192 valence electrons. The summed E-state index contributed by atoms with van der Waals surface area (Å²) in [5.74, 6) is -2.05. The lowest BCUT2D eigenvalue weighted by Crippen LogP contribution is -2.08. The Hall–Kier alpha value is -4.14. The van der Waals surface area contributed by atoms with E-state index in [1.54, 1.807) is 54.8 Å². The highest BCUT2D eigenvalue weighted by Gasteiger charge is 2.32. The van der Waals surface area contributed by atoms with Crippen LogP contribution in [0.25, 0.3) is 16.9 Å². The topological polar surface area (TPSA) is 40.5 Å². The van der Waals surface area contributed by atoms with E-state index in [9.17, 15) is 26.7 Å². The lowest BCUT2D eigenvalue weighted by atomic mass is 10.1. The van der Waals surface area contributed by atoms with Crippen LogP contribution < -0.4 is 4.74 Å². The van der Waals surface area contributed by atoms with Crippen LogP contribution in [0.3, 0.4) is 0 Å². The Labute approximate surface area is 209 Å². The van der Waals surface area contributed by atoms with Gasteiger partial charge in [-0.05, 0) is 74.5 Å². The third kappa shape index (κ3) is 5.66. The monoisotopic (exact) mass is 515 g/mol. The van der Waals surface area contributed by atoms with Gasteiger partial charge in [0.25, 0.3) is 0 Å². The molecule has 0 radical (unpaired) electrons. The second-order valence-electron chi connectivity index (χ2n) is 8.20. The predicted molar refractivity (Wildman–Crippen MR) is 128 cm³/mol. The van der Waals surface area contributed by atoms with Crippen LogP contribution in [-0.4, -0.2) is 17.1 Å². The van der Waals surface area contributed by atoms with Crippen LogP contribution in [0, 0.1) is 18.6 Å². The van der Waals surface area contributed by atoms with E-state index in [1.807, 2.05) is 0 Å². The highest BCUT2D eigenvalue weighted by atomic mass is 19.4. The zero-order chi connectivity index (χ0) is 26.7. The number of nitrogens with zero attached hydrogens (tertiary/aromatic N) is 1. The van der Waals surface area contributed by atoms with Crippen molar-refractivity contribution in [1.82, 2.24) is 4.57 Å². The summed E-state index contributed by atoms with van der Waals surface area (Å²) in [6.45, 7) is 3.31. The molecule has 0 aliphatic carbocycles. The number of hydrogen-bond acceptors (Lipinski definition) is 3. The van der Waals surface area contributed by atoms with Crippen LogP contribution in [-0.2, 0) is 17.5 Å². The molecule has 0 N–H and O–H groups in total. The number of carbonyl (C=O) groups excluding carboxylic acids is 1. The van der Waals surface area contributed by atoms with Crippen molar-refractivity contribution in [1.29, 1.82) is 0 Å². The van der Waals surface area contributed by atoms with E-state index < -0.39 is 29.3 Å². The summed E-state index contributed by atoms with van der Waals surface area (Å²) in [6, 6.07) is 15.8. The van der Waals surface area contributed by atoms with E-state index in [2.05, 4.69) is 0 Å². The summed E-state index contributed by atoms with van der Waals surface area (Å²) >= 11 is 0. The molecule has 4 nitrogen and oxygen atoms in total. The van der Waals surface area contributed by atoms with Crippen molar-refractivity contribution in [3.05, 3.63) is 107 Å². The van der Waals surface area contributed by atoms with Gasteiger partial charge in [-0.1, -0.05) is 6.07 Å². The molecule has 0 amide bonds. The fourth-order valence-electron chi connectivity index (χ4n) is 3.90. The number of rotatable bonds is 7. The Kier molecular flexibility index (Phi) is 7.33. The number of carbonyl (C=O) groups is 1. The summed E-state index contributed by atoms with van der Waals surface area (Å²) in [6.07, 6.45) is -4.62. The number of aromatic nitrogens is 1. The first kappa shape index (κ1) is 25.9. The first-order chi connectivity index (χ1) is 17.6. The molecule has 0 saturated heterocycles. The predicted octanol–water partition coefficient (Wildman–Crippen LogP) is 7.51. The lowest BCUT2D eigenvalue weighted by molar-refractivity contribution is -0.137. The first-order valence-electron chi connectivity index (χ1n) is 11.3. The standard InChI is InChI=1S/C28H22F5NO3/c1-3-36-27(35)18-5-4-6-22(13-18)34-17(2)7-11-25(34)23-14-20(28(31,32)33)9-12-26(23)37-16-19-8-10-21(29)15-24(19)30/h4-15H,3,16H2,1-2H3. The van der Waals surface area contributed by atoms with Gasteiger partial charge in [0.1, 0.15) is 24.0 Å². The number of hydrogen-bond donors (Lipinski definition) is 0. The molecule has 0 fully saturated rings. The number of halogens is 5. The normalized spacial score (nSPS) is 11.4. The van der Waals surface area contributed by atoms with Crippen LogP contribution in [0.5, 0.6) is 5.75 Å². The molecule has 1 aromatic heterocycles. The summed E-state index contributed by atoms with van der Waals surface area (Å²) in [7, 11) is 0. The minimum atomic E-state index is -4.62. The van der Waals surface area contributed by atoms with Crippen LogP contribution in [0.4, 0.5) is 22.0 Å². The Morgan fingerprint density at radius 3 is 2.43 bits per heavy atom. The molecular formula is C28H22F5NO3. The summed E-state index contributed by atoms with van der Waals surface area (Å²) in [5, 5.41) is 0. The number of alkyl halides is 3. The van der Waals surface area contributed by atoms with Gasteiger partial charge in [-0.2, -0.15) is 13.2 Å². The fraction of sp³-hybridized carbons (Fsp3) is 0.179. The van der Waals surface area contributed by atoms with Crippen molar-refractivity contribution < 1.29 is 36.2 Å². The molecule has 9 heteroatoms. The fourth-order valence-corrected chi connectivity index (χ4v) is 3.90. The Balaban J connectivity index is 1.81. The maximum absolute atomic E-state index is 14.1. The van der Waals surface area contributed by atoms with Gasteiger partial charge in [0.15, 0.2) is 0 Å². The largest absolute Gasteiger partial charge is 0.488 e. The van der Waals surface area contributed by atoms with Gasteiger partial charge < -0.3 is 14.0 Å². The van der Waals surface area contributed by atoms with Crippen molar-refractivity contribution in [2.24, 2.45) is 0 Å². The van der Waals surface area contributed by atoms with Crippen molar-refractivity contribution >= 4 is 5.97 Å². The summed E-state index contributed by atoms with van der Waals surface area (Å²) < 4.78 is 80.7. The molecule has 0 spiro atoms. The van der Waals surface area contributed by atoms with Gasteiger partial charge in [-0.25, -0.2) is 13.6 Å². The van der Waals surface area contributed by atoms with Crippen LogP contribution in [0.15, 0.2) is 72.8 Å². The van der Waals surface area contributed by atoms with Gasteiger partial charge in [0, 0.05) is 28.6 Å². The zero-order valence-electron chi connectivity index (χ0n) is 19.9. The number of aryl methyl sites for hydroxylation is 1. The molecule has 0 bridgehead atoms. The van der Waals surface area contributed by atoms with E-state index in [-0.39, 0.29) is 35.7 Å². The Morgan fingerprint density at radius 2 is 1.73 bits per heavy atom. The maximum atomic E-state index is 14.1. The second-order valence-corrected chi connectivity index (χ2v) is 8.20. The third-order valence-corrected chi connectivity index (χ3v) is 5.67. The van der Waals surface area contributed by atoms with Gasteiger partial charge >= 0.3 is 12.1 Å². The molecule has 0 aliphatic heterocycles. The summed E-state index contributed by atoms with van der Waals surface area (Å²) in [4.78, 5) is 12.3. The average Bonchev–Trinajstić information content (AvgIpc) is 3.24. The number of benzene rings is 3. The van der Waals surface area contributed by atoms with Gasteiger partial charge in [-0.15, -0.1) is 0 Å². The zero-order valence-corrected chi connectivity index (χ0v) is 19.9. The van der Waals surface area contributed by atoms with E-state index in [4.69, 9.17) is 9.47 Å². The molecule has 0 saturated carbocycles. The van der Waals surface area contributed by atoms with Gasteiger partial charge in [-0.3, -0.25) is 0 Å². The third-order valence-electron chi connectivity index (χ3n) is 5.67. The molecule has 3 aromatic carbocycles. The van der Waals surface area contributed by atoms with E-state index >= 15 is 0 Å². The highest BCUT2D eigenvalue weighted by Crippen LogP contribution is 2.39. The summed E-state index contributed by atoms with van der Waals surface area (Å²) in [5.41, 5.74) is 1.10. The van der Waals surface area contributed by atoms with Crippen molar-refractivity contribution in [3.63, 3.8) is 0 Å². The number of ether oxygens (including phenoxy) is 2. The first-order valence-corrected chi connectivity index (χ1v) is 11.3. The van der Waals surface area contributed by atoms with E-state index in [0.717, 1.165) is 18.2 Å². The maximum Gasteiger partial charge on any atom is 0.416 e. The smallest absolute Gasteiger partial charge is 0.416 e. The number of esters is 1. The van der Waals surface area contributed by atoms with Gasteiger partial charge in [0.05, 0.1) is 23.4 Å². The minimum absolute atomic E-state index is 0.0425. The lowest BCUT2D eigenvalue weighted by Gasteiger charge is -2.18. The van der Waals surface area contributed by atoms with Crippen molar-refractivity contribution in [3.8, 4) is 22.7 Å². The minimum Gasteiger partial charge on any atom is -0.488 e. The molecule has 37 heavy (non-hydrogen) atoms. The van der Waals surface area contributed by atoms with E-state index in [1.165, 1.54) is 12.1 Å². The van der Waals surface area contributed by atoms with Crippen LogP contribution in [0.2, 0.25) is 0 Å². The SMILES string of the molecule is CCOC(=O)c1cccc(-n2c(C)ccc2-c2cc(C(F)(F)F)ccc2OCc2ccc(F)cc2F)c1. The second kappa shape index (κ2) is 10.5. The molecule has 0 aliphatic rings. The molecule has 1 heterocycles. The van der Waals surface area contributed by atoms with Crippen LogP contribution in [0.1, 0.15) is 34.1 Å². The van der Waals surface area contributed by atoms with Gasteiger partial charge in [0.2, 0.25) is 0 Å². The van der Waals surface area contributed by atoms with E-state index in [0.29, 0.717) is 23.1 Å². The van der Waals surface area contributed by atoms with Crippen molar-refractivity contribution in [2.75, 3.05) is 6.61 Å². The van der Waals surface area contributed by atoms with Crippen LogP contribution >= 0.6 is 0 Å². The highest BCUT2D eigenvalue weighted by molar-refractivity contribution is 5.90. The molecule has 0 atom stereocenters. The molecular weight excluding hydrogens is 493 g/mol. The Bertz CT molecular complexity index is 1440.